The minimum atomic E-state index is -2.41. The molecule has 0 aromatic heterocycles. The van der Waals surface area contributed by atoms with E-state index in [1.54, 1.807) is 0 Å². The van der Waals surface area contributed by atoms with Gasteiger partial charge in [-0.2, -0.15) is 0 Å². The van der Waals surface area contributed by atoms with Crippen LogP contribution in [0.15, 0.2) is 12.2 Å². The first-order chi connectivity index (χ1) is 15.2. The van der Waals surface area contributed by atoms with Crippen molar-refractivity contribution < 1.29 is 13.3 Å². The Labute approximate surface area is 197 Å². The second-order valence-electron chi connectivity index (χ2n) is 8.73. The SMILES string of the molecule is CCCCCCCCC=CCCCCCCCCCCC[Si](OCC)(OCC)OCC. The van der Waals surface area contributed by atoms with E-state index in [0.29, 0.717) is 19.8 Å². The van der Waals surface area contributed by atoms with Crippen molar-refractivity contribution in [3.8, 4) is 0 Å². The number of hydrogen-bond donors (Lipinski definition) is 0. The van der Waals surface area contributed by atoms with Crippen molar-refractivity contribution in [1.29, 1.82) is 0 Å². The van der Waals surface area contributed by atoms with Crippen molar-refractivity contribution in [2.75, 3.05) is 19.8 Å². The van der Waals surface area contributed by atoms with Crippen LogP contribution in [0.5, 0.6) is 0 Å². The zero-order chi connectivity index (χ0) is 22.9. The molecule has 0 heterocycles. The molecule has 0 aromatic rings. The van der Waals surface area contributed by atoms with E-state index >= 15 is 0 Å². The van der Waals surface area contributed by atoms with Crippen LogP contribution in [0.1, 0.15) is 137 Å². The van der Waals surface area contributed by atoms with Crippen LogP contribution >= 0.6 is 0 Å². The summed E-state index contributed by atoms with van der Waals surface area (Å²) >= 11 is 0. The van der Waals surface area contributed by atoms with E-state index in [4.69, 9.17) is 13.3 Å². The average molecular weight is 457 g/mol. The highest BCUT2D eigenvalue weighted by molar-refractivity contribution is 6.60. The molecule has 0 aliphatic heterocycles. The minimum Gasteiger partial charge on any atom is -0.374 e. The van der Waals surface area contributed by atoms with Crippen LogP contribution in [0.3, 0.4) is 0 Å². The Kier molecular flexibility index (Phi) is 24.3. The van der Waals surface area contributed by atoms with Crippen molar-refractivity contribution in [2.45, 2.75) is 143 Å². The van der Waals surface area contributed by atoms with Gasteiger partial charge in [0.15, 0.2) is 0 Å². The lowest BCUT2D eigenvalue weighted by Gasteiger charge is -2.28. The largest absolute Gasteiger partial charge is 0.500 e. The lowest BCUT2D eigenvalue weighted by molar-refractivity contribution is 0.0706. The van der Waals surface area contributed by atoms with Gasteiger partial charge in [-0.15, -0.1) is 0 Å². The first-order valence-corrected chi connectivity index (χ1v) is 15.7. The van der Waals surface area contributed by atoms with E-state index in [9.17, 15) is 0 Å². The Bertz CT molecular complexity index is 356. The van der Waals surface area contributed by atoms with Gasteiger partial charge in [0.1, 0.15) is 0 Å². The minimum absolute atomic E-state index is 0.682. The summed E-state index contributed by atoms with van der Waals surface area (Å²) < 4.78 is 17.8. The quantitative estimate of drug-likeness (QED) is 0.0778. The highest BCUT2D eigenvalue weighted by atomic mass is 28.4. The summed E-state index contributed by atoms with van der Waals surface area (Å²) in [5.41, 5.74) is 0. The van der Waals surface area contributed by atoms with Crippen LogP contribution in [0.25, 0.3) is 0 Å². The molecule has 186 valence electrons. The number of unbranched alkanes of at least 4 members (excludes halogenated alkanes) is 15. The fraction of sp³-hybridized carbons (Fsp3) is 0.926. The molecule has 0 unspecified atom stereocenters. The van der Waals surface area contributed by atoms with Gasteiger partial charge in [-0.3, -0.25) is 0 Å². The van der Waals surface area contributed by atoms with Gasteiger partial charge < -0.3 is 13.3 Å². The third kappa shape index (κ3) is 20.2. The average Bonchev–Trinajstić information content (AvgIpc) is 2.76. The Morgan fingerprint density at radius 3 is 1.19 bits per heavy atom. The maximum Gasteiger partial charge on any atom is 0.500 e. The Morgan fingerprint density at radius 1 is 0.452 bits per heavy atom. The molecule has 0 aliphatic carbocycles. The maximum atomic E-state index is 5.94. The zero-order valence-corrected chi connectivity index (χ0v) is 22.7. The molecular weight excluding hydrogens is 400 g/mol. The van der Waals surface area contributed by atoms with Crippen LogP contribution in [0.4, 0.5) is 0 Å². The molecule has 4 heteroatoms. The summed E-state index contributed by atoms with van der Waals surface area (Å²) in [5, 5.41) is 0. The van der Waals surface area contributed by atoms with Gasteiger partial charge in [-0.1, -0.05) is 96.1 Å². The van der Waals surface area contributed by atoms with E-state index < -0.39 is 8.80 Å². The summed E-state index contributed by atoms with van der Waals surface area (Å²) in [7, 11) is -2.41. The fourth-order valence-electron chi connectivity index (χ4n) is 4.12. The van der Waals surface area contributed by atoms with Gasteiger partial charge in [0.05, 0.1) is 0 Å². The van der Waals surface area contributed by atoms with Gasteiger partial charge in [-0.25, -0.2) is 0 Å². The van der Waals surface area contributed by atoms with Gasteiger partial charge in [0.2, 0.25) is 0 Å². The summed E-state index contributed by atoms with van der Waals surface area (Å²) in [6.07, 6.45) is 27.9. The topological polar surface area (TPSA) is 27.7 Å². The second kappa shape index (κ2) is 24.5. The van der Waals surface area contributed by atoms with Crippen molar-refractivity contribution >= 4 is 8.80 Å². The third-order valence-corrected chi connectivity index (χ3v) is 8.99. The molecule has 0 radical (unpaired) electrons. The molecule has 0 fully saturated rings. The van der Waals surface area contributed by atoms with Crippen LogP contribution in [-0.2, 0) is 13.3 Å². The first-order valence-electron chi connectivity index (χ1n) is 13.8. The molecule has 3 nitrogen and oxygen atoms in total. The molecule has 0 N–H and O–H groups in total. The van der Waals surface area contributed by atoms with E-state index in [1.807, 2.05) is 20.8 Å². The van der Waals surface area contributed by atoms with Crippen molar-refractivity contribution in [3.63, 3.8) is 0 Å². The molecule has 0 atom stereocenters. The lowest BCUT2D eigenvalue weighted by Crippen LogP contribution is -2.45. The Balaban J connectivity index is 3.46. The van der Waals surface area contributed by atoms with E-state index in [1.165, 1.54) is 103 Å². The first kappa shape index (κ1) is 30.8. The summed E-state index contributed by atoms with van der Waals surface area (Å²) in [5.74, 6) is 0. The van der Waals surface area contributed by atoms with Gasteiger partial charge >= 0.3 is 8.80 Å². The van der Waals surface area contributed by atoms with Crippen LogP contribution < -0.4 is 0 Å². The third-order valence-electron chi connectivity index (χ3n) is 5.84. The van der Waals surface area contributed by atoms with E-state index in [2.05, 4.69) is 19.1 Å². The molecular formula is C27H56O3Si. The highest BCUT2D eigenvalue weighted by Gasteiger charge is 2.39. The smallest absolute Gasteiger partial charge is 0.374 e. The van der Waals surface area contributed by atoms with Crippen LogP contribution in [0.2, 0.25) is 6.04 Å². The van der Waals surface area contributed by atoms with Gasteiger partial charge in [0.25, 0.3) is 0 Å². The molecule has 0 saturated heterocycles. The standard InChI is InChI=1S/C27H56O3Si/c1-5-9-10-11-12-13-14-15-16-17-18-19-20-21-22-23-24-25-26-27-31(28-6-2,29-7-3)30-8-4/h15-16H,5-14,17-27H2,1-4H3. The van der Waals surface area contributed by atoms with Gasteiger partial charge in [-0.05, 0) is 52.9 Å². The number of allylic oxidation sites excluding steroid dienone is 2. The Morgan fingerprint density at radius 2 is 0.806 bits per heavy atom. The van der Waals surface area contributed by atoms with Gasteiger partial charge in [0, 0.05) is 25.9 Å². The van der Waals surface area contributed by atoms with E-state index in [0.717, 1.165) is 12.5 Å². The molecule has 0 saturated carbocycles. The van der Waals surface area contributed by atoms with Crippen molar-refractivity contribution in [1.82, 2.24) is 0 Å². The lowest BCUT2D eigenvalue weighted by atomic mass is 10.1. The predicted octanol–water partition coefficient (Wildman–Crippen LogP) is 9.24. The molecule has 0 bridgehead atoms. The number of rotatable bonds is 25. The molecule has 0 rings (SSSR count). The fourth-order valence-corrected chi connectivity index (χ4v) is 6.81. The summed E-state index contributed by atoms with van der Waals surface area (Å²) in [6, 6.07) is 0.967. The predicted molar refractivity (Wildman–Crippen MR) is 139 cm³/mol. The molecule has 0 aliphatic rings. The number of hydrogen-bond acceptors (Lipinski definition) is 3. The molecule has 31 heavy (non-hydrogen) atoms. The molecule has 0 spiro atoms. The van der Waals surface area contributed by atoms with Crippen LogP contribution in [-0.4, -0.2) is 28.6 Å². The molecule has 0 aromatic carbocycles. The molecule has 0 amide bonds. The second-order valence-corrected chi connectivity index (χ2v) is 11.5. The van der Waals surface area contributed by atoms with Crippen LogP contribution in [0, 0.1) is 0 Å². The maximum absolute atomic E-state index is 5.94. The van der Waals surface area contributed by atoms with Crippen molar-refractivity contribution in [3.05, 3.63) is 12.2 Å². The normalized spacial score (nSPS) is 12.3. The summed E-state index contributed by atoms with van der Waals surface area (Å²) in [6.45, 7) is 10.4. The Hall–Kier alpha value is -0.163. The zero-order valence-electron chi connectivity index (χ0n) is 21.7. The summed E-state index contributed by atoms with van der Waals surface area (Å²) in [4.78, 5) is 0. The monoisotopic (exact) mass is 456 g/mol. The van der Waals surface area contributed by atoms with E-state index in [-0.39, 0.29) is 0 Å². The van der Waals surface area contributed by atoms with Crippen molar-refractivity contribution in [2.24, 2.45) is 0 Å². The highest BCUT2D eigenvalue weighted by Crippen LogP contribution is 2.21.